The second-order valence-corrected chi connectivity index (χ2v) is 16.8. The second kappa shape index (κ2) is 11.6. The van der Waals surface area contributed by atoms with Gasteiger partial charge in [0.1, 0.15) is 45.0 Å². The average Bonchev–Trinajstić information content (AvgIpc) is 3.46. The number of carboxylic acid groups (broad SMARTS) is 1. The van der Waals surface area contributed by atoms with Crippen molar-refractivity contribution in [3.8, 4) is 0 Å². The van der Waals surface area contributed by atoms with Crippen LogP contribution in [0.25, 0.3) is 10.8 Å². The van der Waals surface area contributed by atoms with E-state index in [1.807, 2.05) is 42.5 Å². The number of β-lactam (4-membered cyclic amide) rings is 1. The number of aliphatic hydroxyl groups excluding tert-OH is 1. The lowest BCUT2D eigenvalue weighted by Gasteiger charge is -2.55. The van der Waals surface area contributed by atoms with E-state index in [4.69, 9.17) is 0 Å². The third kappa shape index (κ3) is 5.04. The molecule has 6 heterocycles. The molecule has 9 rings (SSSR count). The van der Waals surface area contributed by atoms with E-state index in [2.05, 4.69) is 11.4 Å². The van der Waals surface area contributed by atoms with E-state index >= 15 is 0 Å². The summed E-state index contributed by atoms with van der Waals surface area (Å²) in [6.07, 6.45) is -0.233. The summed E-state index contributed by atoms with van der Waals surface area (Å²) in [6.45, 7) is 10.2. The average molecular weight is 702 g/mol. The summed E-state index contributed by atoms with van der Waals surface area (Å²) in [4.78, 5) is 39.7. The third-order valence-electron chi connectivity index (χ3n) is 12.2. The first-order valence-corrected chi connectivity index (χ1v) is 18.9. The highest BCUT2D eigenvalue weighted by Gasteiger charge is 2.60. The van der Waals surface area contributed by atoms with E-state index in [1.165, 1.54) is 16.1 Å². The summed E-state index contributed by atoms with van der Waals surface area (Å²) < 4.78 is 31.6. The number of carboxylic acids is 1. The maximum atomic E-state index is 14.3. The van der Waals surface area contributed by atoms with Crippen molar-refractivity contribution in [1.82, 2.24) is 4.90 Å². The number of sulfonamides is 1. The molecule has 50 heavy (non-hydrogen) atoms. The molecule has 4 atom stereocenters. The minimum Gasteiger partial charge on any atom is -0.477 e. The fourth-order valence-electron chi connectivity index (χ4n) is 9.32. The molecule has 0 saturated carbocycles. The minimum absolute atomic E-state index is 0.0436. The van der Waals surface area contributed by atoms with Gasteiger partial charge in [-0.05, 0) is 47.7 Å². The highest BCUT2D eigenvalue weighted by atomic mass is 32.2. The van der Waals surface area contributed by atoms with Crippen molar-refractivity contribution in [3.05, 3.63) is 77.5 Å². The highest BCUT2D eigenvalue weighted by Crippen LogP contribution is 2.50. The van der Waals surface area contributed by atoms with E-state index in [1.54, 1.807) is 19.1 Å². The molecule has 4 saturated heterocycles. The molecule has 2 amide bonds. The van der Waals surface area contributed by atoms with Crippen molar-refractivity contribution in [2.24, 2.45) is 11.8 Å². The van der Waals surface area contributed by atoms with Gasteiger partial charge in [-0.2, -0.15) is 0 Å². The summed E-state index contributed by atoms with van der Waals surface area (Å²) in [7, 11) is -4.03. The Hall–Kier alpha value is -4.30. The lowest BCUT2D eigenvalue weighted by Crippen LogP contribution is -2.76. The number of aliphatic carboxylic acids is 1. The zero-order valence-electron chi connectivity index (χ0n) is 28.3. The molecular formula is C37H43N5O7S+2. The van der Waals surface area contributed by atoms with Gasteiger partial charge >= 0.3 is 5.97 Å². The number of carbonyl (C=O) groups is 3. The van der Waals surface area contributed by atoms with E-state index in [0.29, 0.717) is 29.6 Å². The number of para-hydroxylation sites is 1. The van der Waals surface area contributed by atoms with Crippen LogP contribution in [0.3, 0.4) is 0 Å². The van der Waals surface area contributed by atoms with Crippen LogP contribution in [0.15, 0.2) is 76.8 Å². The Labute approximate surface area is 291 Å². The summed E-state index contributed by atoms with van der Waals surface area (Å²) in [5.41, 5.74) is 2.44. The number of rotatable bonds is 10. The Morgan fingerprint density at radius 3 is 2.32 bits per heavy atom. The van der Waals surface area contributed by atoms with Crippen LogP contribution >= 0.6 is 0 Å². The molecule has 0 spiro atoms. The van der Waals surface area contributed by atoms with Gasteiger partial charge in [-0.3, -0.25) is 13.9 Å². The number of carbonyl (C=O) groups excluding carboxylic acids is 2. The smallest absolute Gasteiger partial charge is 0.352 e. The molecule has 0 radical (unpaired) electrons. The van der Waals surface area contributed by atoms with Crippen molar-refractivity contribution in [2.75, 3.05) is 68.5 Å². The van der Waals surface area contributed by atoms with Gasteiger partial charge in [-0.15, -0.1) is 0 Å². The molecule has 3 N–H and O–H groups in total. The van der Waals surface area contributed by atoms with Gasteiger partial charge in [-0.1, -0.05) is 43.3 Å². The Kier molecular flexibility index (Phi) is 7.64. The van der Waals surface area contributed by atoms with Gasteiger partial charge in [0.25, 0.3) is 15.9 Å². The summed E-state index contributed by atoms with van der Waals surface area (Å²) in [5, 5.41) is 24.9. The van der Waals surface area contributed by atoms with E-state index in [0.717, 1.165) is 71.4 Å². The Morgan fingerprint density at radius 1 is 0.980 bits per heavy atom. The predicted molar refractivity (Wildman–Crippen MR) is 186 cm³/mol. The molecule has 3 aromatic rings. The van der Waals surface area contributed by atoms with Crippen molar-refractivity contribution in [3.63, 3.8) is 0 Å². The van der Waals surface area contributed by atoms with Crippen LogP contribution in [-0.2, 0) is 30.8 Å². The number of nitrogens with zero attached hydrogens (tertiary/aromatic N) is 4. The SMILES string of the molecule is C[C@@H](O)[C@H]1C(=O)N2C(C(=O)O)=C(CN3c4cccc5cc(CC[N+]67CC[N+](CC(=O)Nc8ccccc8)(CC6)CC7)cc(c45)S3(=O)=O)[C@H](C)[C@H]12. The maximum absolute atomic E-state index is 14.3. The predicted octanol–water partition coefficient (Wildman–Crippen LogP) is 2.39. The van der Waals surface area contributed by atoms with Gasteiger partial charge in [0.05, 0.1) is 41.7 Å². The van der Waals surface area contributed by atoms with E-state index in [-0.39, 0.29) is 23.0 Å². The van der Waals surface area contributed by atoms with Crippen molar-refractivity contribution in [1.29, 1.82) is 0 Å². The van der Waals surface area contributed by atoms with Gasteiger partial charge in [-0.25, -0.2) is 13.2 Å². The topological polar surface area (TPSA) is 144 Å². The maximum Gasteiger partial charge on any atom is 0.352 e. The molecule has 0 aliphatic carbocycles. The molecule has 2 bridgehead atoms. The van der Waals surface area contributed by atoms with Gasteiger partial charge in [0.2, 0.25) is 5.91 Å². The molecule has 12 nitrogen and oxygen atoms in total. The fraction of sp³-hybridized carbons (Fsp3) is 0.432. The van der Waals surface area contributed by atoms with Crippen LogP contribution < -0.4 is 9.62 Å². The lowest BCUT2D eigenvalue weighted by molar-refractivity contribution is -1.08. The third-order valence-corrected chi connectivity index (χ3v) is 14.0. The number of hydrogen-bond donors (Lipinski definition) is 3. The summed E-state index contributed by atoms with van der Waals surface area (Å²) >= 11 is 0. The zero-order valence-corrected chi connectivity index (χ0v) is 29.1. The molecule has 0 unspecified atom stereocenters. The van der Waals surface area contributed by atoms with E-state index < -0.39 is 45.9 Å². The number of benzene rings is 3. The van der Waals surface area contributed by atoms with Gasteiger partial charge in [0.15, 0.2) is 6.54 Å². The number of amides is 2. The number of hydrogen-bond acceptors (Lipinski definition) is 6. The van der Waals surface area contributed by atoms with E-state index in [9.17, 15) is 33.0 Å². The lowest BCUT2D eigenvalue weighted by atomic mass is 9.78. The molecule has 6 aliphatic heterocycles. The van der Waals surface area contributed by atoms with Crippen molar-refractivity contribution < 1.29 is 42.0 Å². The van der Waals surface area contributed by atoms with Crippen LogP contribution in [0.1, 0.15) is 19.4 Å². The second-order valence-electron chi connectivity index (χ2n) is 15.0. The number of fused-ring (bicyclic) bond motifs is 4. The standard InChI is InChI=1S/C37H41N5O7S/c1-23-28(35(37(46)47)40-34(23)32(24(2)43)36(40)45)21-39-29-10-6-7-26-19-25(20-30(33(26)29)50(39,48)49)11-12-41-13-16-42(17-14-41,18-15-41)22-31(44)38-27-8-4-3-5-9-27/h3-10,19-20,23-24,32,34,43H,11-18,21-22H2,1-2H3/p+2/t23-,24+,32+,34+,41?,42?/m0/s1. The number of aliphatic hydroxyl groups is 1. The summed E-state index contributed by atoms with van der Waals surface area (Å²) in [5.74, 6) is -2.85. The molecule has 3 aromatic carbocycles. The first-order valence-electron chi connectivity index (χ1n) is 17.4. The Morgan fingerprint density at radius 2 is 1.66 bits per heavy atom. The minimum atomic E-state index is -4.03. The van der Waals surface area contributed by atoms with Crippen LogP contribution in [0.4, 0.5) is 11.4 Å². The normalized spacial score (nSPS) is 29.7. The largest absolute Gasteiger partial charge is 0.477 e. The van der Waals surface area contributed by atoms with Crippen LogP contribution in [0.5, 0.6) is 0 Å². The quantitative estimate of drug-likeness (QED) is 0.218. The van der Waals surface area contributed by atoms with Crippen molar-refractivity contribution >= 4 is 50.0 Å². The summed E-state index contributed by atoms with van der Waals surface area (Å²) in [6, 6.07) is 18.4. The first kappa shape index (κ1) is 32.9. The Bertz CT molecular complexity index is 2060. The Balaban J connectivity index is 0.991. The molecule has 0 aromatic heterocycles. The van der Waals surface area contributed by atoms with Crippen LogP contribution in [0.2, 0.25) is 0 Å². The number of quaternary nitrogens is 2. The molecule has 4 fully saturated rings. The highest BCUT2D eigenvalue weighted by molar-refractivity contribution is 7.93. The van der Waals surface area contributed by atoms with Crippen LogP contribution in [0, 0.1) is 11.8 Å². The zero-order chi connectivity index (χ0) is 35.2. The fourth-order valence-corrected chi connectivity index (χ4v) is 11.1. The molecule has 262 valence electrons. The number of nitrogens with one attached hydrogen (secondary N) is 1. The monoisotopic (exact) mass is 701 g/mol. The number of anilines is 2. The van der Waals surface area contributed by atoms with Gasteiger partial charge in [0, 0.05) is 23.4 Å². The van der Waals surface area contributed by atoms with Crippen molar-refractivity contribution in [2.45, 2.75) is 37.3 Å². The van der Waals surface area contributed by atoms with Crippen LogP contribution in [-0.4, -0.2) is 121 Å². The number of piperazine rings is 3. The first-order chi connectivity index (χ1) is 23.8. The molecule has 13 heteroatoms. The molecule has 6 aliphatic rings. The van der Waals surface area contributed by atoms with Gasteiger partial charge < -0.3 is 29.4 Å². The molecular weight excluding hydrogens is 659 g/mol.